The number of hydrogen-bond acceptors (Lipinski definition) is 8. The van der Waals surface area contributed by atoms with Crippen LogP contribution < -0.4 is 5.32 Å². The first kappa shape index (κ1) is 19.4. The van der Waals surface area contributed by atoms with Crippen LogP contribution in [0.2, 0.25) is 0 Å². The van der Waals surface area contributed by atoms with Gasteiger partial charge in [0.1, 0.15) is 25.0 Å². The highest BCUT2D eigenvalue weighted by molar-refractivity contribution is 5.24. The van der Waals surface area contributed by atoms with Crippen LogP contribution in [-0.2, 0) is 19.6 Å². The summed E-state index contributed by atoms with van der Waals surface area (Å²) >= 11 is 0. The quantitative estimate of drug-likeness (QED) is 0.612. The predicted molar refractivity (Wildman–Crippen MR) is 108 cm³/mol. The van der Waals surface area contributed by atoms with Gasteiger partial charge in [-0.3, -0.25) is 4.90 Å². The van der Waals surface area contributed by atoms with E-state index < -0.39 is 0 Å². The van der Waals surface area contributed by atoms with Gasteiger partial charge in [0.05, 0.1) is 0 Å². The van der Waals surface area contributed by atoms with Gasteiger partial charge in [0, 0.05) is 43.5 Å². The first-order chi connectivity index (χ1) is 14.3. The van der Waals surface area contributed by atoms with E-state index in [0.717, 1.165) is 62.8 Å². The Labute approximate surface area is 170 Å². The molecule has 1 saturated heterocycles. The lowest BCUT2D eigenvalue weighted by Crippen LogP contribution is -2.33. The molecule has 1 fully saturated rings. The molecular weight excluding hydrogens is 368 g/mol. The normalized spacial score (nSPS) is 15.7. The van der Waals surface area contributed by atoms with E-state index in [1.54, 1.807) is 17.3 Å². The minimum absolute atomic E-state index is 0.440. The maximum absolute atomic E-state index is 4.53. The minimum Gasteiger partial charge on any atom is -0.355 e. The molecule has 3 aromatic rings. The number of hydrogen-bond donors (Lipinski definition) is 1. The zero-order valence-electron chi connectivity index (χ0n) is 17.1. The van der Waals surface area contributed by atoms with Crippen molar-refractivity contribution in [3.8, 4) is 0 Å². The van der Waals surface area contributed by atoms with Crippen molar-refractivity contribution in [1.82, 2.24) is 44.4 Å². The van der Waals surface area contributed by atoms with Crippen molar-refractivity contribution in [3.05, 3.63) is 42.3 Å². The summed E-state index contributed by atoms with van der Waals surface area (Å²) < 4.78 is 4.02. The van der Waals surface area contributed by atoms with Gasteiger partial charge >= 0.3 is 0 Å². The third kappa shape index (κ3) is 4.58. The third-order valence-electron chi connectivity index (χ3n) is 5.34. The molecule has 0 bridgehead atoms. The van der Waals surface area contributed by atoms with E-state index in [-0.39, 0.29) is 0 Å². The van der Waals surface area contributed by atoms with Crippen molar-refractivity contribution in [2.24, 2.45) is 0 Å². The summed E-state index contributed by atoms with van der Waals surface area (Å²) in [7, 11) is 0. The van der Waals surface area contributed by atoms with Crippen LogP contribution in [0.15, 0.2) is 25.0 Å². The molecule has 10 heteroatoms. The SMILES string of the molecule is CCNc1ncc(CN2CCC(c3nnc(Cn4cncn4)n3CC)CC2)cn1. The van der Waals surface area contributed by atoms with Crippen molar-refractivity contribution in [3.63, 3.8) is 0 Å². The van der Waals surface area contributed by atoms with Crippen LogP contribution in [0.3, 0.4) is 0 Å². The molecule has 0 unspecified atom stereocenters. The summed E-state index contributed by atoms with van der Waals surface area (Å²) in [6, 6.07) is 0. The summed E-state index contributed by atoms with van der Waals surface area (Å²) in [4.78, 5) is 15.2. The van der Waals surface area contributed by atoms with Crippen molar-refractivity contribution in [2.45, 2.75) is 52.2 Å². The predicted octanol–water partition coefficient (Wildman–Crippen LogP) is 1.54. The number of piperidine rings is 1. The zero-order chi connectivity index (χ0) is 20.1. The zero-order valence-corrected chi connectivity index (χ0v) is 17.1. The van der Waals surface area contributed by atoms with Crippen LogP contribution in [0.25, 0.3) is 0 Å². The van der Waals surface area contributed by atoms with Crippen LogP contribution in [0.1, 0.15) is 49.8 Å². The minimum atomic E-state index is 0.440. The molecule has 154 valence electrons. The number of likely N-dealkylation sites (tertiary alicyclic amines) is 1. The second-order valence-corrected chi connectivity index (χ2v) is 7.31. The summed E-state index contributed by atoms with van der Waals surface area (Å²) in [5.74, 6) is 3.17. The Morgan fingerprint density at radius 2 is 1.86 bits per heavy atom. The molecule has 4 heterocycles. The Kier molecular flexibility index (Phi) is 6.09. The van der Waals surface area contributed by atoms with Gasteiger partial charge in [-0.25, -0.2) is 19.6 Å². The van der Waals surface area contributed by atoms with Gasteiger partial charge in [-0.05, 0) is 39.8 Å². The molecule has 1 aliphatic heterocycles. The number of aromatic nitrogens is 8. The van der Waals surface area contributed by atoms with Gasteiger partial charge < -0.3 is 9.88 Å². The molecule has 0 spiro atoms. The Morgan fingerprint density at radius 1 is 1.07 bits per heavy atom. The molecule has 0 saturated carbocycles. The van der Waals surface area contributed by atoms with E-state index in [9.17, 15) is 0 Å². The van der Waals surface area contributed by atoms with E-state index in [4.69, 9.17) is 0 Å². The van der Waals surface area contributed by atoms with E-state index in [2.05, 4.69) is 52.0 Å². The molecule has 29 heavy (non-hydrogen) atoms. The number of rotatable bonds is 8. The Bertz CT molecular complexity index is 878. The number of anilines is 1. The van der Waals surface area contributed by atoms with Crippen molar-refractivity contribution in [1.29, 1.82) is 0 Å². The van der Waals surface area contributed by atoms with Crippen molar-refractivity contribution < 1.29 is 0 Å². The molecule has 0 aromatic carbocycles. The van der Waals surface area contributed by atoms with Gasteiger partial charge in [-0.15, -0.1) is 10.2 Å². The first-order valence-electron chi connectivity index (χ1n) is 10.3. The smallest absolute Gasteiger partial charge is 0.222 e. The Hall–Kier alpha value is -2.88. The number of nitrogens with one attached hydrogen (secondary N) is 1. The first-order valence-corrected chi connectivity index (χ1v) is 10.3. The van der Waals surface area contributed by atoms with Crippen molar-refractivity contribution >= 4 is 5.95 Å². The fourth-order valence-corrected chi connectivity index (χ4v) is 3.87. The van der Waals surface area contributed by atoms with Gasteiger partial charge in [0.15, 0.2) is 5.82 Å². The largest absolute Gasteiger partial charge is 0.355 e. The molecule has 1 aliphatic rings. The molecule has 1 N–H and O–H groups in total. The van der Waals surface area contributed by atoms with E-state index in [0.29, 0.717) is 18.4 Å². The topological polar surface area (TPSA) is 102 Å². The van der Waals surface area contributed by atoms with Crippen LogP contribution >= 0.6 is 0 Å². The molecule has 4 rings (SSSR count). The maximum Gasteiger partial charge on any atom is 0.222 e. The van der Waals surface area contributed by atoms with Crippen LogP contribution in [0.4, 0.5) is 5.95 Å². The average Bonchev–Trinajstić information content (AvgIpc) is 3.40. The van der Waals surface area contributed by atoms with Gasteiger partial charge in [-0.1, -0.05) is 0 Å². The third-order valence-corrected chi connectivity index (χ3v) is 5.34. The van der Waals surface area contributed by atoms with E-state index in [1.165, 1.54) is 0 Å². The molecule has 0 atom stereocenters. The Balaban J connectivity index is 1.35. The van der Waals surface area contributed by atoms with Gasteiger partial charge in [0.25, 0.3) is 0 Å². The molecule has 0 amide bonds. The van der Waals surface area contributed by atoms with Crippen molar-refractivity contribution in [2.75, 3.05) is 25.0 Å². The van der Waals surface area contributed by atoms with E-state index in [1.807, 2.05) is 19.3 Å². The summed E-state index contributed by atoms with van der Waals surface area (Å²) in [5.41, 5.74) is 1.15. The van der Waals surface area contributed by atoms with Crippen LogP contribution in [0, 0.1) is 0 Å². The Morgan fingerprint density at radius 3 is 2.52 bits per heavy atom. The molecular formula is C19H28N10. The second kappa shape index (κ2) is 9.08. The highest BCUT2D eigenvalue weighted by atomic mass is 15.4. The standard InChI is InChI=1S/C19H28N10/c1-3-21-19-22-9-15(10-23-19)11-27-7-5-16(6-8-27)18-26-25-17(29(18)4-2)12-28-14-20-13-24-28/h9-10,13-14,16H,3-8,11-12H2,1-2H3,(H,21,22,23). The van der Waals surface area contributed by atoms with E-state index >= 15 is 0 Å². The van der Waals surface area contributed by atoms with Gasteiger partial charge in [-0.2, -0.15) is 5.10 Å². The maximum atomic E-state index is 4.53. The monoisotopic (exact) mass is 396 g/mol. The van der Waals surface area contributed by atoms with Crippen LogP contribution in [0.5, 0.6) is 0 Å². The lowest BCUT2D eigenvalue weighted by molar-refractivity contribution is 0.199. The molecule has 10 nitrogen and oxygen atoms in total. The highest BCUT2D eigenvalue weighted by Crippen LogP contribution is 2.28. The second-order valence-electron chi connectivity index (χ2n) is 7.31. The summed E-state index contributed by atoms with van der Waals surface area (Å²) in [6.07, 6.45) is 9.25. The lowest BCUT2D eigenvalue weighted by Gasteiger charge is -2.31. The summed E-state index contributed by atoms with van der Waals surface area (Å²) in [6.45, 7) is 9.43. The van der Waals surface area contributed by atoms with Crippen LogP contribution in [-0.4, -0.2) is 64.0 Å². The number of nitrogens with zero attached hydrogens (tertiary/aromatic N) is 9. The molecule has 0 radical (unpaired) electrons. The average molecular weight is 397 g/mol. The fourth-order valence-electron chi connectivity index (χ4n) is 3.87. The molecule has 3 aromatic heterocycles. The summed E-state index contributed by atoms with van der Waals surface area (Å²) in [5, 5.41) is 16.3. The lowest BCUT2D eigenvalue weighted by atomic mass is 9.95. The fraction of sp³-hybridized carbons (Fsp3) is 0.579. The molecule has 0 aliphatic carbocycles. The van der Waals surface area contributed by atoms with Gasteiger partial charge in [0.2, 0.25) is 5.95 Å². The highest BCUT2D eigenvalue weighted by Gasteiger charge is 2.26.